The maximum Gasteiger partial charge on any atom is 0.233 e. The standard InChI is InChI=1S/C13H13N3O2/c1-2-7-15-12(17)8-13(18)16-11-5-3-10(9-14)4-6-11/h2-6H,1,7-8H2,(H,15,17)(H,16,18). The van der Waals surface area contributed by atoms with E-state index >= 15 is 0 Å². The zero-order chi connectivity index (χ0) is 13.4. The lowest BCUT2D eigenvalue weighted by atomic mass is 10.2. The second-order valence-electron chi connectivity index (χ2n) is 3.51. The SMILES string of the molecule is C=CCNC(=O)CC(=O)Nc1ccc(C#N)cc1. The number of nitriles is 1. The van der Waals surface area contributed by atoms with Crippen LogP contribution in [0.1, 0.15) is 12.0 Å². The van der Waals surface area contributed by atoms with Gasteiger partial charge in [-0.3, -0.25) is 9.59 Å². The van der Waals surface area contributed by atoms with E-state index < -0.39 is 5.91 Å². The number of amides is 2. The van der Waals surface area contributed by atoms with E-state index in [9.17, 15) is 9.59 Å². The number of anilines is 1. The number of carbonyl (C=O) groups excluding carboxylic acids is 2. The van der Waals surface area contributed by atoms with Gasteiger partial charge in [0.1, 0.15) is 6.42 Å². The Morgan fingerprint density at radius 3 is 2.50 bits per heavy atom. The summed E-state index contributed by atoms with van der Waals surface area (Å²) in [6, 6.07) is 8.38. The number of hydrogen-bond donors (Lipinski definition) is 2. The lowest BCUT2D eigenvalue weighted by Crippen LogP contribution is -2.28. The number of benzene rings is 1. The van der Waals surface area contributed by atoms with E-state index in [1.54, 1.807) is 24.3 Å². The van der Waals surface area contributed by atoms with Crippen LogP contribution < -0.4 is 10.6 Å². The Labute approximate surface area is 105 Å². The Balaban J connectivity index is 2.46. The number of carbonyl (C=O) groups is 2. The van der Waals surface area contributed by atoms with Gasteiger partial charge in [-0.25, -0.2) is 0 Å². The summed E-state index contributed by atoms with van der Waals surface area (Å²) in [5.41, 5.74) is 1.06. The van der Waals surface area contributed by atoms with Crippen LogP contribution in [0, 0.1) is 11.3 Å². The highest BCUT2D eigenvalue weighted by Gasteiger charge is 2.08. The van der Waals surface area contributed by atoms with E-state index in [1.165, 1.54) is 6.08 Å². The van der Waals surface area contributed by atoms with Crippen LogP contribution in [0.5, 0.6) is 0 Å². The average molecular weight is 243 g/mol. The minimum atomic E-state index is -0.402. The van der Waals surface area contributed by atoms with Gasteiger partial charge < -0.3 is 10.6 Å². The second kappa shape index (κ2) is 6.86. The Hall–Kier alpha value is -2.61. The van der Waals surface area contributed by atoms with Crippen LogP contribution in [0.25, 0.3) is 0 Å². The predicted octanol–water partition coefficient (Wildman–Crippen LogP) is 1.19. The van der Waals surface area contributed by atoms with Crippen molar-refractivity contribution in [3.05, 3.63) is 42.5 Å². The fourth-order valence-electron chi connectivity index (χ4n) is 1.23. The van der Waals surface area contributed by atoms with Crippen LogP contribution in [0.2, 0.25) is 0 Å². The third-order valence-corrected chi connectivity index (χ3v) is 2.06. The molecule has 0 fully saturated rings. The fraction of sp³-hybridized carbons (Fsp3) is 0.154. The van der Waals surface area contributed by atoms with E-state index in [-0.39, 0.29) is 12.3 Å². The first-order valence-electron chi connectivity index (χ1n) is 5.33. The molecular weight excluding hydrogens is 230 g/mol. The Morgan fingerprint density at radius 1 is 1.28 bits per heavy atom. The molecule has 0 aliphatic rings. The zero-order valence-corrected chi connectivity index (χ0v) is 9.77. The molecule has 2 amide bonds. The molecule has 5 heteroatoms. The van der Waals surface area contributed by atoms with Crippen LogP contribution in [0.3, 0.4) is 0 Å². The highest BCUT2D eigenvalue weighted by Crippen LogP contribution is 2.08. The molecular formula is C13H13N3O2. The molecule has 0 saturated heterocycles. The summed E-state index contributed by atoms with van der Waals surface area (Å²) in [6.07, 6.45) is 1.30. The minimum Gasteiger partial charge on any atom is -0.352 e. The lowest BCUT2D eigenvalue weighted by molar-refractivity contribution is -0.126. The van der Waals surface area contributed by atoms with E-state index in [1.807, 2.05) is 6.07 Å². The number of rotatable bonds is 5. The van der Waals surface area contributed by atoms with Gasteiger partial charge in [0.15, 0.2) is 0 Å². The van der Waals surface area contributed by atoms with Gasteiger partial charge >= 0.3 is 0 Å². The molecule has 0 bridgehead atoms. The van der Waals surface area contributed by atoms with E-state index in [4.69, 9.17) is 5.26 Å². The summed E-state index contributed by atoms with van der Waals surface area (Å²) in [6.45, 7) is 3.79. The monoisotopic (exact) mass is 243 g/mol. The second-order valence-corrected chi connectivity index (χ2v) is 3.51. The minimum absolute atomic E-state index is 0.242. The van der Waals surface area contributed by atoms with Gasteiger partial charge in [0.2, 0.25) is 11.8 Å². The summed E-state index contributed by atoms with van der Waals surface area (Å²) in [7, 11) is 0. The molecule has 2 N–H and O–H groups in total. The van der Waals surface area contributed by atoms with Crippen molar-refractivity contribution in [1.82, 2.24) is 5.32 Å². The van der Waals surface area contributed by atoms with Crippen molar-refractivity contribution in [3.8, 4) is 6.07 Å². The Kier molecular flexibility index (Phi) is 5.13. The van der Waals surface area contributed by atoms with Crippen molar-refractivity contribution in [2.75, 3.05) is 11.9 Å². The molecule has 0 atom stereocenters. The number of nitrogens with zero attached hydrogens (tertiary/aromatic N) is 1. The molecule has 0 radical (unpaired) electrons. The number of hydrogen-bond acceptors (Lipinski definition) is 3. The van der Waals surface area contributed by atoms with Gasteiger partial charge in [-0.05, 0) is 24.3 Å². The molecule has 0 saturated carbocycles. The summed E-state index contributed by atoms with van der Waals surface area (Å²) >= 11 is 0. The molecule has 0 aliphatic heterocycles. The molecule has 1 aromatic rings. The predicted molar refractivity (Wildman–Crippen MR) is 67.6 cm³/mol. The molecule has 0 aromatic heterocycles. The Morgan fingerprint density at radius 2 is 1.94 bits per heavy atom. The molecule has 1 rings (SSSR count). The fourth-order valence-corrected chi connectivity index (χ4v) is 1.23. The van der Waals surface area contributed by atoms with Crippen molar-refractivity contribution in [3.63, 3.8) is 0 Å². The van der Waals surface area contributed by atoms with Crippen LogP contribution in [0.4, 0.5) is 5.69 Å². The maximum atomic E-state index is 11.5. The largest absolute Gasteiger partial charge is 0.352 e. The normalized spacial score (nSPS) is 9.06. The van der Waals surface area contributed by atoms with Crippen LogP contribution in [-0.4, -0.2) is 18.4 Å². The van der Waals surface area contributed by atoms with Crippen molar-refractivity contribution in [2.24, 2.45) is 0 Å². The summed E-state index contributed by atoms with van der Waals surface area (Å²) < 4.78 is 0. The Bertz CT molecular complexity index is 486. The van der Waals surface area contributed by atoms with Gasteiger partial charge in [-0.1, -0.05) is 6.08 Å². The first-order valence-corrected chi connectivity index (χ1v) is 5.33. The zero-order valence-electron chi connectivity index (χ0n) is 9.77. The van der Waals surface area contributed by atoms with Crippen molar-refractivity contribution < 1.29 is 9.59 Å². The quantitative estimate of drug-likeness (QED) is 0.602. The van der Waals surface area contributed by atoms with Crippen molar-refractivity contribution >= 4 is 17.5 Å². The molecule has 5 nitrogen and oxygen atoms in total. The lowest BCUT2D eigenvalue weighted by Gasteiger charge is -2.05. The van der Waals surface area contributed by atoms with Crippen LogP contribution >= 0.6 is 0 Å². The molecule has 92 valence electrons. The van der Waals surface area contributed by atoms with Crippen LogP contribution in [-0.2, 0) is 9.59 Å². The molecule has 18 heavy (non-hydrogen) atoms. The molecule has 0 heterocycles. The third-order valence-electron chi connectivity index (χ3n) is 2.06. The first kappa shape index (κ1) is 13.5. The van der Waals surface area contributed by atoms with Gasteiger partial charge in [0.05, 0.1) is 11.6 Å². The number of nitrogens with one attached hydrogen (secondary N) is 2. The van der Waals surface area contributed by atoms with E-state index in [0.717, 1.165) is 0 Å². The van der Waals surface area contributed by atoms with Gasteiger partial charge in [0, 0.05) is 12.2 Å². The van der Waals surface area contributed by atoms with Gasteiger partial charge in [-0.15, -0.1) is 6.58 Å². The third kappa shape index (κ3) is 4.49. The molecule has 0 spiro atoms. The molecule has 0 unspecified atom stereocenters. The topological polar surface area (TPSA) is 82.0 Å². The van der Waals surface area contributed by atoms with Gasteiger partial charge in [0.25, 0.3) is 0 Å². The highest BCUT2D eigenvalue weighted by molar-refractivity contribution is 6.03. The molecule has 1 aromatic carbocycles. The van der Waals surface area contributed by atoms with Gasteiger partial charge in [-0.2, -0.15) is 5.26 Å². The van der Waals surface area contributed by atoms with E-state index in [2.05, 4.69) is 17.2 Å². The average Bonchev–Trinajstić information content (AvgIpc) is 2.37. The van der Waals surface area contributed by atoms with Crippen molar-refractivity contribution in [2.45, 2.75) is 6.42 Å². The summed E-state index contributed by atoms with van der Waals surface area (Å²) in [4.78, 5) is 22.7. The first-order chi connectivity index (χ1) is 8.65. The van der Waals surface area contributed by atoms with Crippen LogP contribution in [0.15, 0.2) is 36.9 Å². The smallest absolute Gasteiger partial charge is 0.233 e. The highest BCUT2D eigenvalue weighted by atomic mass is 16.2. The summed E-state index contributed by atoms with van der Waals surface area (Å²) in [5.74, 6) is -0.762. The van der Waals surface area contributed by atoms with Crippen molar-refractivity contribution in [1.29, 1.82) is 5.26 Å². The van der Waals surface area contributed by atoms with E-state index in [0.29, 0.717) is 17.8 Å². The molecule has 0 aliphatic carbocycles. The summed E-state index contributed by atoms with van der Waals surface area (Å²) in [5, 5.41) is 13.7. The maximum absolute atomic E-state index is 11.5.